The van der Waals surface area contributed by atoms with Crippen LogP contribution in [0.15, 0.2) is 28.7 Å². The van der Waals surface area contributed by atoms with Gasteiger partial charge in [-0.25, -0.2) is 0 Å². The van der Waals surface area contributed by atoms with Crippen molar-refractivity contribution in [2.45, 2.75) is 19.9 Å². The van der Waals surface area contributed by atoms with Gasteiger partial charge in [0.2, 0.25) is 17.6 Å². The quantitative estimate of drug-likeness (QED) is 0.731. The van der Waals surface area contributed by atoms with Crippen LogP contribution >= 0.6 is 11.6 Å². The molecular formula is C12H11ClN6O. The minimum atomic E-state index is 0.299. The first-order chi connectivity index (χ1) is 9.74. The van der Waals surface area contributed by atoms with Crippen LogP contribution in [0.1, 0.15) is 18.7 Å². The molecule has 0 aliphatic heterocycles. The van der Waals surface area contributed by atoms with Crippen LogP contribution in [-0.2, 0) is 13.0 Å². The molecule has 0 atom stereocenters. The fourth-order valence-electron chi connectivity index (χ4n) is 1.64. The first kappa shape index (κ1) is 12.7. The number of aromatic nitrogens is 6. The number of tetrazole rings is 1. The van der Waals surface area contributed by atoms with E-state index in [9.17, 15) is 0 Å². The fraction of sp³-hybridized carbons (Fsp3) is 0.250. The van der Waals surface area contributed by atoms with Crippen LogP contribution in [0, 0.1) is 0 Å². The number of nitrogens with zero attached hydrogens (tertiary/aromatic N) is 6. The first-order valence-electron chi connectivity index (χ1n) is 6.09. The van der Waals surface area contributed by atoms with Crippen LogP contribution in [0.4, 0.5) is 0 Å². The third kappa shape index (κ3) is 2.67. The van der Waals surface area contributed by atoms with Crippen molar-refractivity contribution in [3.8, 4) is 11.4 Å². The summed E-state index contributed by atoms with van der Waals surface area (Å²) in [4.78, 5) is 1.41. The Morgan fingerprint density at radius 2 is 1.85 bits per heavy atom. The van der Waals surface area contributed by atoms with Crippen molar-refractivity contribution in [3.05, 3.63) is 41.1 Å². The zero-order chi connectivity index (χ0) is 13.9. The van der Waals surface area contributed by atoms with Crippen molar-refractivity contribution < 1.29 is 4.42 Å². The highest BCUT2D eigenvalue weighted by Crippen LogP contribution is 2.17. The third-order valence-electron chi connectivity index (χ3n) is 2.64. The van der Waals surface area contributed by atoms with Gasteiger partial charge in [-0.05, 0) is 29.5 Å². The van der Waals surface area contributed by atoms with Crippen molar-refractivity contribution in [1.82, 2.24) is 30.4 Å². The number of hydrogen-bond donors (Lipinski definition) is 0. The Kier molecular flexibility index (Phi) is 3.42. The van der Waals surface area contributed by atoms with E-state index >= 15 is 0 Å². The van der Waals surface area contributed by atoms with Gasteiger partial charge in [-0.1, -0.05) is 18.5 Å². The maximum atomic E-state index is 5.84. The Morgan fingerprint density at radius 3 is 2.55 bits per heavy atom. The van der Waals surface area contributed by atoms with E-state index in [-0.39, 0.29) is 0 Å². The topological polar surface area (TPSA) is 82.5 Å². The second-order valence-electron chi connectivity index (χ2n) is 4.09. The Hall–Kier alpha value is -2.28. The number of rotatable bonds is 4. The van der Waals surface area contributed by atoms with Crippen molar-refractivity contribution in [3.63, 3.8) is 0 Å². The summed E-state index contributed by atoms with van der Waals surface area (Å²) < 4.78 is 5.40. The van der Waals surface area contributed by atoms with Gasteiger partial charge >= 0.3 is 0 Å². The van der Waals surface area contributed by atoms with Gasteiger partial charge in [0.15, 0.2) is 0 Å². The van der Waals surface area contributed by atoms with E-state index in [0.717, 1.165) is 5.56 Å². The molecular weight excluding hydrogens is 280 g/mol. The lowest BCUT2D eigenvalue weighted by Crippen LogP contribution is -2.04. The molecule has 0 radical (unpaired) electrons. The van der Waals surface area contributed by atoms with Crippen molar-refractivity contribution in [2.24, 2.45) is 0 Å². The lowest BCUT2D eigenvalue weighted by molar-refractivity contribution is 0.416. The van der Waals surface area contributed by atoms with Gasteiger partial charge in [-0.2, -0.15) is 4.80 Å². The maximum absolute atomic E-state index is 5.84. The molecule has 0 aliphatic rings. The normalized spacial score (nSPS) is 10.9. The third-order valence-corrected chi connectivity index (χ3v) is 2.90. The second kappa shape index (κ2) is 5.38. The number of benzene rings is 1. The largest absolute Gasteiger partial charge is 0.423 e. The summed E-state index contributed by atoms with van der Waals surface area (Å²) in [6.45, 7) is 2.25. The Labute approximate surface area is 119 Å². The monoisotopic (exact) mass is 290 g/mol. The van der Waals surface area contributed by atoms with E-state index < -0.39 is 0 Å². The Balaban J connectivity index is 1.78. The van der Waals surface area contributed by atoms with Crippen LogP contribution in [0.2, 0.25) is 5.02 Å². The van der Waals surface area contributed by atoms with E-state index in [1.54, 1.807) is 12.1 Å². The van der Waals surface area contributed by atoms with Crippen LogP contribution in [0.25, 0.3) is 11.4 Å². The van der Waals surface area contributed by atoms with Gasteiger partial charge in [0.25, 0.3) is 0 Å². The predicted molar refractivity (Wildman–Crippen MR) is 71.0 cm³/mol. The summed E-state index contributed by atoms with van der Waals surface area (Å²) in [7, 11) is 0. The molecule has 3 rings (SSSR count). The molecule has 2 aromatic heterocycles. The maximum Gasteiger partial charge on any atom is 0.239 e. The van der Waals surface area contributed by atoms with Crippen molar-refractivity contribution in [1.29, 1.82) is 0 Å². The SMILES string of the molecule is CCc1nnc(Cn2nnc(-c3ccc(Cl)cc3)n2)o1. The van der Waals surface area contributed by atoms with Crippen molar-refractivity contribution >= 4 is 11.6 Å². The van der Waals surface area contributed by atoms with Gasteiger partial charge in [0.1, 0.15) is 6.54 Å². The highest BCUT2D eigenvalue weighted by molar-refractivity contribution is 6.30. The average Bonchev–Trinajstić information content (AvgIpc) is 3.09. The van der Waals surface area contributed by atoms with E-state index in [4.69, 9.17) is 16.0 Å². The van der Waals surface area contributed by atoms with Crippen LogP contribution in [0.5, 0.6) is 0 Å². The van der Waals surface area contributed by atoms with Gasteiger partial charge in [-0.3, -0.25) is 0 Å². The standard InChI is InChI=1S/C12H11ClN6O/c1-2-10-14-15-11(20-10)7-19-17-12(16-18-19)8-3-5-9(13)6-4-8/h3-6H,2,7H2,1H3. The highest BCUT2D eigenvalue weighted by atomic mass is 35.5. The van der Waals surface area contributed by atoms with Crippen molar-refractivity contribution in [2.75, 3.05) is 0 Å². The number of hydrogen-bond acceptors (Lipinski definition) is 6. The van der Waals surface area contributed by atoms with Gasteiger partial charge < -0.3 is 4.42 Å². The lowest BCUT2D eigenvalue weighted by atomic mass is 10.2. The molecule has 0 spiro atoms. The minimum absolute atomic E-state index is 0.299. The fourth-order valence-corrected chi connectivity index (χ4v) is 1.77. The molecule has 102 valence electrons. The average molecular weight is 291 g/mol. The summed E-state index contributed by atoms with van der Waals surface area (Å²) in [6, 6.07) is 7.24. The summed E-state index contributed by atoms with van der Waals surface area (Å²) in [5.41, 5.74) is 0.848. The van der Waals surface area contributed by atoms with Gasteiger partial charge in [0, 0.05) is 17.0 Å². The zero-order valence-electron chi connectivity index (χ0n) is 10.7. The Bertz CT molecular complexity index is 705. The molecule has 0 aliphatic carbocycles. The zero-order valence-corrected chi connectivity index (χ0v) is 11.4. The Morgan fingerprint density at radius 1 is 1.10 bits per heavy atom. The second-order valence-corrected chi connectivity index (χ2v) is 4.53. The molecule has 20 heavy (non-hydrogen) atoms. The molecule has 0 N–H and O–H groups in total. The summed E-state index contributed by atoms with van der Waals surface area (Å²) in [6.07, 6.45) is 0.702. The molecule has 3 aromatic rings. The molecule has 2 heterocycles. The van der Waals surface area contributed by atoms with Crippen LogP contribution in [-0.4, -0.2) is 30.4 Å². The predicted octanol–water partition coefficient (Wildman–Crippen LogP) is 1.99. The summed E-state index contributed by atoms with van der Waals surface area (Å²) in [5, 5.41) is 20.7. The molecule has 0 saturated carbocycles. The van der Waals surface area contributed by atoms with E-state index in [1.165, 1.54) is 4.80 Å². The first-order valence-corrected chi connectivity index (χ1v) is 6.47. The number of aryl methyl sites for hydroxylation is 1. The molecule has 0 saturated heterocycles. The minimum Gasteiger partial charge on any atom is -0.423 e. The van der Waals surface area contributed by atoms with Gasteiger partial charge in [0.05, 0.1) is 0 Å². The molecule has 0 fully saturated rings. The lowest BCUT2D eigenvalue weighted by Gasteiger charge is -1.94. The smallest absolute Gasteiger partial charge is 0.239 e. The van der Waals surface area contributed by atoms with E-state index in [2.05, 4.69) is 25.6 Å². The van der Waals surface area contributed by atoms with Crippen LogP contribution in [0.3, 0.4) is 0 Å². The highest BCUT2D eigenvalue weighted by Gasteiger charge is 2.09. The molecule has 0 amide bonds. The molecule has 0 unspecified atom stereocenters. The molecule has 1 aromatic carbocycles. The molecule has 8 heteroatoms. The van der Waals surface area contributed by atoms with Gasteiger partial charge in [-0.15, -0.1) is 20.4 Å². The van der Waals surface area contributed by atoms with E-state index in [1.807, 2.05) is 19.1 Å². The summed E-state index contributed by atoms with van der Waals surface area (Å²) >= 11 is 5.84. The van der Waals surface area contributed by atoms with Crippen LogP contribution < -0.4 is 0 Å². The number of halogens is 1. The summed E-state index contributed by atoms with van der Waals surface area (Å²) in [5.74, 6) is 1.58. The molecule has 7 nitrogen and oxygen atoms in total. The van der Waals surface area contributed by atoms with E-state index in [0.29, 0.717) is 35.6 Å². The molecule has 0 bridgehead atoms.